The van der Waals surface area contributed by atoms with Crippen molar-refractivity contribution < 1.29 is 9.53 Å². The van der Waals surface area contributed by atoms with Crippen LogP contribution < -0.4 is 21.1 Å². The van der Waals surface area contributed by atoms with Crippen molar-refractivity contribution in [2.45, 2.75) is 58.5 Å². The van der Waals surface area contributed by atoms with Gasteiger partial charge in [-0.1, -0.05) is 62.7 Å². The fourth-order valence-electron chi connectivity index (χ4n) is 3.51. The molecular weight excluding hydrogens is 386 g/mol. The van der Waals surface area contributed by atoms with Crippen LogP contribution in [0.1, 0.15) is 63.6 Å². The number of ether oxygens (including phenoxy) is 1. The van der Waals surface area contributed by atoms with E-state index in [1.165, 1.54) is 6.42 Å². The molecule has 31 heavy (non-hydrogen) atoms. The van der Waals surface area contributed by atoms with Gasteiger partial charge in [0, 0.05) is 19.1 Å². The van der Waals surface area contributed by atoms with Crippen LogP contribution in [0, 0.1) is 5.92 Å². The van der Waals surface area contributed by atoms with Gasteiger partial charge in [-0.2, -0.15) is 0 Å². The second-order valence-electron chi connectivity index (χ2n) is 8.60. The Morgan fingerprint density at radius 2 is 1.65 bits per heavy atom. The van der Waals surface area contributed by atoms with Crippen molar-refractivity contribution in [1.82, 2.24) is 10.6 Å². The molecule has 0 spiro atoms. The second kappa shape index (κ2) is 13.1. The summed E-state index contributed by atoms with van der Waals surface area (Å²) in [5.74, 6) is 1.18. The summed E-state index contributed by atoms with van der Waals surface area (Å²) in [5.41, 5.74) is 7.92. The smallest absolute Gasteiger partial charge is 0.227 e. The van der Waals surface area contributed by atoms with Crippen molar-refractivity contribution in [2.24, 2.45) is 11.7 Å². The molecule has 5 heteroatoms. The number of carbonyl (C=O) groups is 1. The van der Waals surface area contributed by atoms with Crippen LogP contribution in [0.15, 0.2) is 54.6 Å². The molecule has 2 aromatic carbocycles. The molecule has 0 aliphatic heterocycles. The molecule has 4 N–H and O–H groups in total. The Bertz CT molecular complexity index is 762. The predicted octanol–water partition coefficient (Wildman–Crippen LogP) is 4.40. The van der Waals surface area contributed by atoms with E-state index >= 15 is 0 Å². The zero-order valence-corrected chi connectivity index (χ0v) is 19.4. The van der Waals surface area contributed by atoms with E-state index < -0.39 is 0 Å². The quantitative estimate of drug-likeness (QED) is 0.445. The van der Waals surface area contributed by atoms with Crippen LogP contribution in [-0.4, -0.2) is 31.6 Å². The van der Waals surface area contributed by atoms with Gasteiger partial charge in [0.2, 0.25) is 5.91 Å². The minimum Gasteiger partial charge on any atom is -0.493 e. The van der Waals surface area contributed by atoms with Gasteiger partial charge < -0.3 is 21.1 Å². The molecule has 2 rings (SSSR count). The molecule has 4 atom stereocenters. The summed E-state index contributed by atoms with van der Waals surface area (Å²) in [6.45, 7) is 10.3. The first-order valence-corrected chi connectivity index (χ1v) is 11.4. The van der Waals surface area contributed by atoms with Crippen LogP contribution in [0.4, 0.5) is 0 Å². The monoisotopic (exact) mass is 425 g/mol. The van der Waals surface area contributed by atoms with Gasteiger partial charge in [-0.25, -0.2) is 0 Å². The van der Waals surface area contributed by atoms with E-state index in [0.717, 1.165) is 29.9 Å². The summed E-state index contributed by atoms with van der Waals surface area (Å²) in [7, 11) is 0. The van der Waals surface area contributed by atoms with E-state index in [9.17, 15) is 4.79 Å². The lowest BCUT2D eigenvalue weighted by atomic mass is 9.99. The molecule has 0 aliphatic carbocycles. The first-order chi connectivity index (χ1) is 14.9. The molecule has 0 saturated carbocycles. The third-order valence-electron chi connectivity index (χ3n) is 5.42. The molecule has 0 aromatic heterocycles. The molecule has 0 radical (unpaired) electrons. The molecule has 0 bridgehead atoms. The van der Waals surface area contributed by atoms with E-state index in [1.807, 2.05) is 68.4 Å². The van der Waals surface area contributed by atoms with Gasteiger partial charge in [-0.05, 0) is 49.4 Å². The van der Waals surface area contributed by atoms with E-state index in [2.05, 4.69) is 24.5 Å². The maximum absolute atomic E-state index is 12.9. The Morgan fingerprint density at radius 1 is 0.968 bits per heavy atom. The highest BCUT2D eigenvalue weighted by molar-refractivity contribution is 5.83. The first kappa shape index (κ1) is 24.9. The summed E-state index contributed by atoms with van der Waals surface area (Å²) in [4.78, 5) is 12.9. The van der Waals surface area contributed by atoms with Crippen LogP contribution in [-0.2, 0) is 4.79 Å². The number of carbonyl (C=O) groups excluding carboxylic acids is 1. The summed E-state index contributed by atoms with van der Waals surface area (Å²) < 4.78 is 5.93. The van der Waals surface area contributed by atoms with Crippen LogP contribution >= 0.6 is 0 Å². The van der Waals surface area contributed by atoms with Crippen LogP contribution in [0.5, 0.6) is 5.75 Å². The third kappa shape index (κ3) is 8.72. The van der Waals surface area contributed by atoms with Gasteiger partial charge in [0.15, 0.2) is 0 Å². The average Bonchev–Trinajstić information content (AvgIpc) is 2.77. The molecule has 0 aliphatic rings. The standard InChI is InChI=1S/C26H39N3O2/c1-5-9-19(2)18-31-24-14-12-23(13-15-24)25(17-28-16-20(3)27)29-26(30)21(4)22-10-7-6-8-11-22/h6-8,10-15,19-21,25,28H,5,9,16-18,27H2,1-4H3,(H,29,30). The second-order valence-corrected chi connectivity index (χ2v) is 8.60. The topological polar surface area (TPSA) is 76.4 Å². The van der Waals surface area contributed by atoms with E-state index in [0.29, 0.717) is 19.0 Å². The van der Waals surface area contributed by atoms with Gasteiger partial charge in [0.05, 0.1) is 18.6 Å². The molecule has 2 aromatic rings. The predicted molar refractivity (Wildman–Crippen MR) is 128 cm³/mol. The van der Waals surface area contributed by atoms with Gasteiger partial charge in [-0.3, -0.25) is 4.79 Å². The summed E-state index contributed by atoms with van der Waals surface area (Å²) >= 11 is 0. The summed E-state index contributed by atoms with van der Waals surface area (Å²) in [5, 5.41) is 6.57. The van der Waals surface area contributed by atoms with Gasteiger partial charge in [0.25, 0.3) is 0 Å². The maximum atomic E-state index is 12.9. The van der Waals surface area contributed by atoms with E-state index in [-0.39, 0.29) is 23.9 Å². The Balaban J connectivity index is 2.05. The van der Waals surface area contributed by atoms with Crippen LogP contribution in [0.2, 0.25) is 0 Å². The van der Waals surface area contributed by atoms with Gasteiger partial charge >= 0.3 is 0 Å². The Kier molecular flexibility index (Phi) is 10.5. The Morgan fingerprint density at radius 3 is 2.26 bits per heavy atom. The van der Waals surface area contributed by atoms with Crippen LogP contribution in [0.25, 0.3) is 0 Å². The number of benzene rings is 2. The minimum absolute atomic E-state index is 0.00696. The van der Waals surface area contributed by atoms with Crippen molar-refractivity contribution in [3.05, 3.63) is 65.7 Å². The molecule has 1 amide bonds. The maximum Gasteiger partial charge on any atom is 0.227 e. The molecule has 0 heterocycles. The highest BCUT2D eigenvalue weighted by Gasteiger charge is 2.20. The van der Waals surface area contributed by atoms with E-state index in [1.54, 1.807) is 0 Å². The zero-order chi connectivity index (χ0) is 22.6. The number of amides is 1. The number of rotatable bonds is 13. The highest BCUT2D eigenvalue weighted by atomic mass is 16.5. The Hall–Kier alpha value is -2.37. The van der Waals surface area contributed by atoms with Crippen molar-refractivity contribution in [1.29, 1.82) is 0 Å². The largest absolute Gasteiger partial charge is 0.493 e. The normalized spacial score (nSPS) is 15.0. The lowest BCUT2D eigenvalue weighted by molar-refractivity contribution is -0.123. The van der Waals surface area contributed by atoms with Crippen molar-refractivity contribution in [3.8, 4) is 5.75 Å². The molecule has 4 unspecified atom stereocenters. The van der Waals surface area contributed by atoms with Crippen molar-refractivity contribution in [2.75, 3.05) is 19.7 Å². The average molecular weight is 426 g/mol. The fraction of sp³-hybridized carbons (Fsp3) is 0.500. The summed E-state index contributed by atoms with van der Waals surface area (Å²) in [6.07, 6.45) is 2.33. The number of nitrogens with two attached hydrogens (primary N) is 1. The lowest BCUT2D eigenvalue weighted by Gasteiger charge is -2.23. The van der Waals surface area contributed by atoms with Gasteiger partial charge in [0.1, 0.15) is 5.75 Å². The minimum atomic E-state index is -0.222. The lowest BCUT2D eigenvalue weighted by Crippen LogP contribution is -2.40. The Labute approximate surface area is 187 Å². The molecular formula is C26H39N3O2. The molecule has 0 fully saturated rings. The number of nitrogens with one attached hydrogen (secondary N) is 2. The molecule has 5 nitrogen and oxygen atoms in total. The molecule has 0 saturated heterocycles. The number of hydrogen-bond donors (Lipinski definition) is 3. The number of hydrogen-bond acceptors (Lipinski definition) is 4. The van der Waals surface area contributed by atoms with Crippen molar-refractivity contribution >= 4 is 5.91 Å². The fourth-order valence-corrected chi connectivity index (χ4v) is 3.51. The van der Waals surface area contributed by atoms with Crippen molar-refractivity contribution in [3.63, 3.8) is 0 Å². The van der Waals surface area contributed by atoms with E-state index in [4.69, 9.17) is 10.5 Å². The highest BCUT2D eigenvalue weighted by Crippen LogP contribution is 2.21. The van der Waals surface area contributed by atoms with Crippen LogP contribution in [0.3, 0.4) is 0 Å². The SMILES string of the molecule is CCCC(C)COc1ccc(C(CNCC(C)N)NC(=O)C(C)c2ccccc2)cc1. The van der Waals surface area contributed by atoms with Gasteiger partial charge in [-0.15, -0.1) is 0 Å². The molecule has 170 valence electrons. The zero-order valence-electron chi connectivity index (χ0n) is 19.4. The third-order valence-corrected chi connectivity index (χ3v) is 5.42. The summed E-state index contributed by atoms with van der Waals surface area (Å²) in [6, 6.07) is 17.8. The first-order valence-electron chi connectivity index (χ1n) is 11.4.